The number of rotatable bonds is 6. The van der Waals surface area contributed by atoms with Crippen molar-refractivity contribution in [1.29, 1.82) is 0 Å². The minimum absolute atomic E-state index is 0.360. The van der Waals surface area contributed by atoms with Crippen LogP contribution in [-0.4, -0.2) is 43.7 Å². The molecular weight excluding hydrogens is 238 g/mol. The van der Waals surface area contributed by atoms with Crippen LogP contribution >= 0.6 is 0 Å². The highest BCUT2D eigenvalue weighted by Crippen LogP contribution is 2.31. The number of hydrogen-bond acceptors (Lipinski definition) is 4. The van der Waals surface area contributed by atoms with Gasteiger partial charge < -0.3 is 19.5 Å². The van der Waals surface area contributed by atoms with Gasteiger partial charge in [0.2, 0.25) is 6.41 Å². The Bertz CT molecular complexity index is 446. The van der Waals surface area contributed by atoms with E-state index in [9.17, 15) is 14.7 Å². The molecule has 6 nitrogen and oxygen atoms in total. The Morgan fingerprint density at radius 3 is 2.50 bits per heavy atom. The second-order valence-corrected chi connectivity index (χ2v) is 3.62. The van der Waals surface area contributed by atoms with Gasteiger partial charge in [-0.15, -0.1) is 0 Å². The number of carbonyl (C=O) groups is 2. The highest BCUT2D eigenvalue weighted by Gasteiger charge is 2.27. The van der Waals surface area contributed by atoms with E-state index in [1.165, 1.54) is 27.3 Å². The molecule has 1 N–H and O–H groups in total. The summed E-state index contributed by atoms with van der Waals surface area (Å²) in [5, 5.41) is 9.21. The van der Waals surface area contributed by atoms with Crippen LogP contribution in [0.3, 0.4) is 0 Å². The summed E-state index contributed by atoms with van der Waals surface area (Å²) in [6, 6.07) is 3.68. The zero-order valence-electron chi connectivity index (χ0n) is 10.4. The van der Waals surface area contributed by atoms with Crippen molar-refractivity contribution in [2.75, 3.05) is 21.3 Å². The number of carboxylic acid groups (broad SMARTS) is 1. The topological polar surface area (TPSA) is 76.1 Å². The van der Waals surface area contributed by atoms with E-state index >= 15 is 0 Å². The first-order chi connectivity index (χ1) is 8.54. The summed E-state index contributed by atoms with van der Waals surface area (Å²) < 4.78 is 10.2. The fourth-order valence-electron chi connectivity index (χ4n) is 1.64. The third-order valence-electron chi connectivity index (χ3n) is 2.54. The molecule has 0 bridgehead atoms. The van der Waals surface area contributed by atoms with Crippen LogP contribution in [0.4, 0.5) is 0 Å². The number of hydrogen-bond donors (Lipinski definition) is 1. The maximum absolute atomic E-state index is 11.3. The van der Waals surface area contributed by atoms with Gasteiger partial charge in [-0.2, -0.15) is 0 Å². The van der Waals surface area contributed by atoms with E-state index in [0.717, 1.165) is 4.90 Å². The molecule has 0 aliphatic heterocycles. The summed E-state index contributed by atoms with van der Waals surface area (Å²) in [6.45, 7) is 0. The molecule has 6 heteroatoms. The molecule has 0 heterocycles. The van der Waals surface area contributed by atoms with Crippen LogP contribution in [0.15, 0.2) is 18.2 Å². The maximum atomic E-state index is 11.3. The zero-order chi connectivity index (χ0) is 13.7. The number of nitrogens with zero attached hydrogens (tertiary/aromatic N) is 1. The van der Waals surface area contributed by atoms with Crippen molar-refractivity contribution in [3.63, 3.8) is 0 Å². The minimum atomic E-state index is -1.14. The zero-order valence-corrected chi connectivity index (χ0v) is 10.4. The molecule has 0 spiro atoms. The molecule has 18 heavy (non-hydrogen) atoms. The standard InChI is InChI=1S/C12H15NO5/c1-13(7-14)11(12(15)16)9-6-8(17-2)4-5-10(9)18-3/h4-7,11H,1-3H3,(H,15,16). The highest BCUT2D eigenvalue weighted by molar-refractivity contribution is 5.79. The van der Waals surface area contributed by atoms with Gasteiger partial charge in [0.05, 0.1) is 14.2 Å². The molecule has 1 aromatic carbocycles. The lowest BCUT2D eigenvalue weighted by atomic mass is 10.0. The second kappa shape index (κ2) is 5.90. The molecule has 1 amide bonds. The van der Waals surface area contributed by atoms with Crippen LogP contribution < -0.4 is 9.47 Å². The molecule has 1 aromatic rings. The lowest BCUT2D eigenvalue weighted by Crippen LogP contribution is -2.30. The predicted octanol–water partition coefficient (Wildman–Crippen LogP) is 0.918. The van der Waals surface area contributed by atoms with Gasteiger partial charge in [-0.1, -0.05) is 0 Å². The lowest BCUT2D eigenvalue weighted by molar-refractivity contribution is -0.145. The van der Waals surface area contributed by atoms with Gasteiger partial charge in [-0.3, -0.25) is 4.79 Å². The van der Waals surface area contributed by atoms with E-state index in [2.05, 4.69) is 0 Å². The number of ether oxygens (including phenoxy) is 2. The van der Waals surface area contributed by atoms with Crippen LogP contribution in [0.25, 0.3) is 0 Å². The summed E-state index contributed by atoms with van der Waals surface area (Å²) in [4.78, 5) is 23.1. The summed E-state index contributed by atoms with van der Waals surface area (Å²) in [5.74, 6) is -0.260. The highest BCUT2D eigenvalue weighted by atomic mass is 16.5. The van der Waals surface area contributed by atoms with Gasteiger partial charge in [0, 0.05) is 12.6 Å². The summed E-state index contributed by atoms with van der Waals surface area (Å²) in [6.07, 6.45) is 0.456. The van der Waals surface area contributed by atoms with Gasteiger partial charge >= 0.3 is 5.97 Å². The van der Waals surface area contributed by atoms with Crippen LogP contribution in [0.5, 0.6) is 11.5 Å². The van der Waals surface area contributed by atoms with E-state index < -0.39 is 12.0 Å². The van der Waals surface area contributed by atoms with Crippen LogP contribution in [-0.2, 0) is 9.59 Å². The van der Waals surface area contributed by atoms with E-state index in [1.54, 1.807) is 12.1 Å². The Hall–Kier alpha value is -2.24. The summed E-state index contributed by atoms with van der Waals surface area (Å²) in [5.41, 5.74) is 0.360. The predicted molar refractivity (Wildman–Crippen MR) is 63.7 cm³/mol. The van der Waals surface area contributed by atoms with Gasteiger partial charge in [0.1, 0.15) is 11.5 Å². The Kier molecular flexibility index (Phi) is 4.53. The monoisotopic (exact) mass is 253 g/mol. The molecular formula is C12H15NO5. The van der Waals surface area contributed by atoms with E-state index in [4.69, 9.17) is 9.47 Å². The number of methoxy groups -OCH3 is 2. The van der Waals surface area contributed by atoms with Crippen molar-refractivity contribution in [2.45, 2.75) is 6.04 Å². The third kappa shape index (κ3) is 2.71. The summed E-state index contributed by atoms with van der Waals surface area (Å²) >= 11 is 0. The quantitative estimate of drug-likeness (QED) is 0.763. The Balaban J connectivity index is 3.32. The van der Waals surface area contributed by atoms with Gasteiger partial charge in [-0.25, -0.2) is 4.79 Å². The average molecular weight is 253 g/mol. The van der Waals surface area contributed by atoms with Crippen molar-refractivity contribution in [3.05, 3.63) is 23.8 Å². The number of carbonyl (C=O) groups excluding carboxylic acids is 1. The van der Waals surface area contributed by atoms with Crippen LogP contribution in [0.2, 0.25) is 0 Å². The Labute approximate surface area is 105 Å². The SMILES string of the molecule is COc1ccc(OC)c(C(C(=O)O)N(C)C=O)c1. The molecule has 0 aliphatic rings. The number of amides is 1. The molecule has 0 aromatic heterocycles. The Morgan fingerprint density at radius 1 is 1.39 bits per heavy atom. The van der Waals surface area contributed by atoms with Crippen molar-refractivity contribution in [3.8, 4) is 11.5 Å². The molecule has 0 saturated heterocycles. The summed E-state index contributed by atoms with van der Waals surface area (Å²) in [7, 11) is 4.31. The number of benzene rings is 1. The average Bonchev–Trinajstić information content (AvgIpc) is 2.38. The van der Waals surface area contributed by atoms with Crippen LogP contribution in [0.1, 0.15) is 11.6 Å². The van der Waals surface area contributed by atoms with Crippen LogP contribution in [0, 0.1) is 0 Å². The third-order valence-corrected chi connectivity index (χ3v) is 2.54. The van der Waals surface area contributed by atoms with E-state index in [0.29, 0.717) is 23.5 Å². The molecule has 1 unspecified atom stereocenters. The van der Waals surface area contributed by atoms with Crippen molar-refractivity contribution >= 4 is 12.4 Å². The molecule has 0 fully saturated rings. The minimum Gasteiger partial charge on any atom is -0.497 e. The first-order valence-electron chi connectivity index (χ1n) is 5.17. The van der Waals surface area contributed by atoms with Crippen molar-refractivity contribution < 1.29 is 24.2 Å². The fourth-order valence-corrected chi connectivity index (χ4v) is 1.64. The van der Waals surface area contributed by atoms with E-state index in [-0.39, 0.29) is 0 Å². The van der Waals surface area contributed by atoms with Gasteiger partial charge in [0.15, 0.2) is 6.04 Å². The van der Waals surface area contributed by atoms with Crippen molar-refractivity contribution in [2.24, 2.45) is 0 Å². The number of likely N-dealkylation sites (N-methyl/N-ethyl adjacent to an activating group) is 1. The normalized spacial score (nSPS) is 11.5. The Morgan fingerprint density at radius 2 is 2.06 bits per heavy atom. The van der Waals surface area contributed by atoms with E-state index in [1.807, 2.05) is 0 Å². The van der Waals surface area contributed by atoms with Gasteiger partial charge in [-0.05, 0) is 18.2 Å². The largest absolute Gasteiger partial charge is 0.497 e. The first-order valence-corrected chi connectivity index (χ1v) is 5.17. The number of carboxylic acids is 1. The maximum Gasteiger partial charge on any atom is 0.331 e. The lowest BCUT2D eigenvalue weighted by Gasteiger charge is -2.23. The molecule has 0 aliphatic carbocycles. The molecule has 1 atom stereocenters. The van der Waals surface area contributed by atoms with Crippen molar-refractivity contribution in [1.82, 2.24) is 4.90 Å². The molecule has 98 valence electrons. The first kappa shape index (κ1) is 13.8. The molecule has 1 rings (SSSR count). The smallest absolute Gasteiger partial charge is 0.331 e. The number of aliphatic carboxylic acids is 1. The second-order valence-electron chi connectivity index (χ2n) is 3.62. The molecule has 0 saturated carbocycles. The van der Waals surface area contributed by atoms with Gasteiger partial charge in [0.25, 0.3) is 0 Å². The fraction of sp³-hybridized carbons (Fsp3) is 0.333. The molecule has 0 radical (unpaired) electrons.